The number of hydrogen-bond acceptors (Lipinski definition) is 3. The van der Waals surface area contributed by atoms with Gasteiger partial charge < -0.3 is 4.90 Å². The Kier molecular flexibility index (Phi) is 5.58. The van der Waals surface area contributed by atoms with Crippen molar-refractivity contribution in [2.75, 3.05) is 20.1 Å². The fraction of sp³-hybridized carbons (Fsp3) is 0.278. The summed E-state index contributed by atoms with van der Waals surface area (Å²) >= 11 is 11.9. The van der Waals surface area contributed by atoms with E-state index in [1.807, 2.05) is 18.2 Å². The number of benzene rings is 2. The molecule has 26 heavy (non-hydrogen) atoms. The van der Waals surface area contributed by atoms with Gasteiger partial charge in [0.1, 0.15) is 4.90 Å². The Bertz CT molecular complexity index is 947. The van der Waals surface area contributed by atoms with Crippen molar-refractivity contribution in [2.24, 2.45) is 0 Å². The quantitative estimate of drug-likeness (QED) is 0.774. The maximum absolute atomic E-state index is 12.7. The predicted octanol–water partition coefficient (Wildman–Crippen LogP) is 3.20. The number of hydrogen-bond donors (Lipinski definition) is 0. The van der Waals surface area contributed by atoms with E-state index in [2.05, 4.69) is 6.07 Å². The fourth-order valence-electron chi connectivity index (χ4n) is 2.93. The molecule has 1 heterocycles. The van der Waals surface area contributed by atoms with Gasteiger partial charge in [0.2, 0.25) is 15.9 Å². The summed E-state index contributed by atoms with van der Waals surface area (Å²) in [6, 6.07) is 12.2. The van der Waals surface area contributed by atoms with Crippen LogP contribution in [0.25, 0.3) is 0 Å². The Labute approximate surface area is 163 Å². The third-order valence-corrected chi connectivity index (χ3v) is 6.94. The van der Waals surface area contributed by atoms with Crippen LogP contribution in [0.3, 0.4) is 0 Å². The highest BCUT2D eigenvalue weighted by atomic mass is 35.5. The molecule has 2 aromatic carbocycles. The van der Waals surface area contributed by atoms with E-state index in [1.54, 1.807) is 4.90 Å². The number of rotatable bonds is 4. The molecule has 0 saturated carbocycles. The molecule has 0 aliphatic carbocycles. The molecule has 0 fully saturated rings. The first-order chi connectivity index (χ1) is 12.3. The number of carbonyl (C=O) groups is 1. The molecule has 0 radical (unpaired) electrons. The number of nitrogens with zero attached hydrogens (tertiary/aromatic N) is 2. The molecular weight excluding hydrogens is 395 g/mol. The zero-order chi connectivity index (χ0) is 18.9. The topological polar surface area (TPSA) is 57.7 Å². The summed E-state index contributed by atoms with van der Waals surface area (Å²) in [6.07, 6.45) is 0.762. The molecule has 1 aliphatic heterocycles. The first kappa shape index (κ1) is 19.2. The van der Waals surface area contributed by atoms with Crippen LogP contribution in [-0.2, 0) is 27.8 Å². The van der Waals surface area contributed by atoms with E-state index in [0.717, 1.165) is 16.3 Å². The molecule has 0 bridgehead atoms. The van der Waals surface area contributed by atoms with Crippen molar-refractivity contribution in [3.63, 3.8) is 0 Å². The van der Waals surface area contributed by atoms with Crippen LogP contribution in [0, 0.1) is 0 Å². The zero-order valence-electron chi connectivity index (χ0n) is 14.2. The van der Waals surface area contributed by atoms with Crippen LogP contribution >= 0.6 is 23.2 Å². The van der Waals surface area contributed by atoms with Gasteiger partial charge in [0.15, 0.2) is 0 Å². The van der Waals surface area contributed by atoms with E-state index in [-0.39, 0.29) is 27.4 Å². The van der Waals surface area contributed by atoms with E-state index in [1.165, 1.54) is 30.8 Å². The lowest BCUT2D eigenvalue weighted by Gasteiger charge is -2.30. The fourth-order valence-corrected chi connectivity index (χ4v) is 4.78. The molecule has 1 aliphatic rings. The minimum Gasteiger partial charge on any atom is -0.337 e. The van der Waals surface area contributed by atoms with Gasteiger partial charge in [-0.1, -0.05) is 47.5 Å². The molecule has 0 unspecified atom stereocenters. The van der Waals surface area contributed by atoms with E-state index in [4.69, 9.17) is 23.2 Å². The van der Waals surface area contributed by atoms with Crippen molar-refractivity contribution in [2.45, 2.75) is 17.9 Å². The average molecular weight is 413 g/mol. The van der Waals surface area contributed by atoms with Gasteiger partial charge in [-0.15, -0.1) is 0 Å². The van der Waals surface area contributed by atoms with Gasteiger partial charge in [-0.25, -0.2) is 8.42 Å². The monoisotopic (exact) mass is 412 g/mol. The third-order valence-electron chi connectivity index (χ3n) is 4.42. The predicted molar refractivity (Wildman–Crippen MR) is 102 cm³/mol. The molecule has 0 atom stereocenters. The number of fused-ring (bicyclic) bond motifs is 1. The highest BCUT2D eigenvalue weighted by Gasteiger charge is 2.28. The number of likely N-dealkylation sites (N-methyl/N-ethyl adjacent to an activating group) is 1. The molecule has 3 rings (SSSR count). The average Bonchev–Trinajstić information content (AvgIpc) is 2.63. The van der Waals surface area contributed by atoms with E-state index < -0.39 is 10.0 Å². The van der Waals surface area contributed by atoms with E-state index in [0.29, 0.717) is 13.1 Å². The maximum Gasteiger partial charge on any atom is 0.244 e. The number of halogens is 2. The summed E-state index contributed by atoms with van der Waals surface area (Å²) in [7, 11) is -2.55. The Morgan fingerprint density at radius 2 is 1.85 bits per heavy atom. The second kappa shape index (κ2) is 7.56. The normalized spacial score (nSPS) is 14.4. The molecule has 0 spiro atoms. The van der Waals surface area contributed by atoms with Crippen LogP contribution in [0.15, 0.2) is 47.4 Å². The zero-order valence-corrected chi connectivity index (χ0v) is 16.5. The molecular formula is C18H18Cl2N2O3S. The van der Waals surface area contributed by atoms with Crippen LogP contribution in [0.1, 0.15) is 11.1 Å². The Morgan fingerprint density at radius 3 is 2.58 bits per heavy atom. The molecule has 138 valence electrons. The first-order valence-electron chi connectivity index (χ1n) is 8.05. The standard InChI is InChI=1S/C18H18Cl2N2O3S/c1-21(26(24,25)17-10-15(19)6-7-16(17)20)12-18(23)22-9-8-13-4-2-3-5-14(13)11-22/h2-7,10H,8-9,11-12H2,1H3. The molecule has 1 amide bonds. The van der Waals surface area contributed by atoms with Crippen LogP contribution < -0.4 is 0 Å². The molecule has 8 heteroatoms. The minimum atomic E-state index is -3.92. The van der Waals surface area contributed by atoms with Crippen molar-refractivity contribution in [1.82, 2.24) is 9.21 Å². The SMILES string of the molecule is CN(CC(=O)N1CCc2ccccc2C1)S(=O)(=O)c1cc(Cl)ccc1Cl. The highest BCUT2D eigenvalue weighted by Crippen LogP contribution is 2.27. The maximum atomic E-state index is 12.7. The molecule has 2 aromatic rings. The van der Waals surface area contributed by atoms with Crippen molar-refractivity contribution < 1.29 is 13.2 Å². The summed E-state index contributed by atoms with van der Waals surface area (Å²) in [5.41, 5.74) is 2.32. The summed E-state index contributed by atoms with van der Waals surface area (Å²) in [5.74, 6) is -0.247. The smallest absolute Gasteiger partial charge is 0.244 e. The van der Waals surface area contributed by atoms with Gasteiger partial charge in [0, 0.05) is 25.2 Å². The van der Waals surface area contributed by atoms with Gasteiger partial charge >= 0.3 is 0 Å². The third kappa shape index (κ3) is 3.88. The van der Waals surface area contributed by atoms with Crippen LogP contribution in [-0.4, -0.2) is 43.7 Å². The van der Waals surface area contributed by atoms with Crippen molar-refractivity contribution >= 4 is 39.1 Å². The van der Waals surface area contributed by atoms with Gasteiger partial charge in [-0.2, -0.15) is 4.31 Å². The molecule has 0 aromatic heterocycles. The van der Waals surface area contributed by atoms with Gasteiger partial charge in [-0.3, -0.25) is 4.79 Å². The summed E-state index contributed by atoms with van der Waals surface area (Å²) < 4.78 is 26.5. The lowest BCUT2D eigenvalue weighted by molar-refractivity contribution is -0.132. The second-order valence-electron chi connectivity index (χ2n) is 6.17. The number of sulfonamides is 1. The van der Waals surface area contributed by atoms with E-state index in [9.17, 15) is 13.2 Å². The molecule has 5 nitrogen and oxygen atoms in total. The first-order valence-corrected chi connectivity index (χ1v) is 10.2. The Balaban J connectivity index is 1.74. The van der Waals surface area contributed by atoms with Crippen LogP contribution in [0.2, 0.25) is 10.0 Å². The van der Waals surface area contributed by atoms with Gasteiger partial charge in [-0.05, 0) is 35.7 Å². The lowest BCUT2D eigenvalue weighted by Crippen LogP contribution is -2.43. The Hall–Kier alpha value is -1.60. The van der Waals surface area contributed by atoms with Gasteiger partial charge in [0.25, 0.3) is 0 Å². The Morgan fingerprint density at radius 1 is 1.15 bits per heavy atom. The van der Waals surface area contributed by atoms with Crippen molar-refractivity contribution in [3.8, 4) is 0 Å². The summed E-state index contributed by atoms with van der Waals surface area (Å²) in [4.78, 5) is 14.2. The van der Waals surface area contributed by atoms with Crippen molar-refractivity contribution in [1.29, 1.82) is 0 Å². The number of amides is 1. The van der Waals surface area contributed by atoms with Crippen molar-refractivity contribution in [3.05, 3.63) is 63.6 Å². The molecule has 0 saturated heterocycles. The second-order valence-corrected chi connectivity index (χ2v) is 9.03. The largest absolute Gasteiger partial charge is 0.337 e. The number of carbonyl (C=O) groups excluding carboxylic acids is 1. The minimum absolute atomic E-state index is 0.0700. The van der Waals surface area contributed by atoms with Crippen LogP contribution in [0.4, 0.5) is 0 Å². The summed E-state index contributed by atoms with van der Waals surface area (Å²) in [5, 5.41) is 0.334. The van der Waals surface area contributed by atoms with E-state index >= 15 is 0 Å². The molecule has 0 N–H and O–H groups in total. The van der Waals surface area contributed by atoms with Crippen LogP contribution in [0.5, 0.6) is 0 Å². The summed E-state index contributed by atoms with van der Waals surface area (Å²) in [6.45, 7) is 0.801. The lowest BCUT2D eigenvalue weighted by atomic mass is 10.00. The van der Waals surface area contributed by atoms with Gasteiger partial charge in [0.05, 0.1) is 11.6 Å². The highest BCUT2D eigenvalue weighted by molar-refractivity contribution is 7.89.